The number of thiazole rings is 1. The standard InChI is InChI=1S/C15H22N2S2/c1-14(2,3)10-15(4,5)17-19-13-16-11-8-6-7-9-12(11)18-13/h6-9,17H,10H2,1-5H3. The van der Waals surface area contributed by atoms with Crippen LogP contribution in [0.4, 0.5) is 0 Å². The van der Waals surface area contributed by atoms with Crippen molar-refractivity contribution in [3.05, 3.63) is 24.3 Å². The van der Waals surface area contributed by atoms with Crippen LogP contribution in [0.25, 0.3) is 10.2 Å². The smallest absolute Gasteiger partial charge is 0.166 e. The Labute approximate surface area is 124 Å². The summed E-state index contributed by atoms with van der Waals surface area (Å²) in [7, 11) is 0. The first-order chi connectivity index (χ1) is 8.75. The maximum atomic E-state index is 4.63. The number of fused-ring (bicyclic) bond motifs is 1. The highest BCUT2D eigenvalue weighted by Crippen LogP contribution is 2.32. The number of nitrogens with zero attached hydrogens (tertiary/aromatic N) is 1. The van der Waals surface area contributed by atoms with E-state index < -0.39 is 0 Å². The molecule has 104 valence electrons. The SMILES string of the molecule is CC(C)(C)CC(C)(C)NSc1nc2ccccc2s1. The van der Waals surface area contributed by atoms with Crippen LogP contribution >= 0.6 is 23.3 Å². The van der Waals surface area contributed by atoms with Gasteiger partial charge in [-0.05, 0) is 49.8 Å². The van der Waals surface area contributed by atoms with Gasteiger partial charge in [0.25, 0.3) is 0 Å². The number of hydrogen-bond acceptors (Lipinski definition) is 4. The third-order valence-electron chi connectivity index (χ3n) is 2.66. The molecule has 0 unspecified atom stereocenters. The van der Waals surface area contributed by atoms with Crippen LogP contribution in [0.1, 0.15) is 41.0 Å². The predicted octanol–water partition coefficient (Wildman–Crippen LogP) is 5.11. The molecular weight excluding hydrogens is 272 g/mol. The van der Waals surface area contributed by atoms with E-state index in [1.165, 1.54) is 4.70 Å². The Morgan fingerprint density at radius 3 is 2.47 bits per heavy atom. The zero-order valence-electron chi connectivity index (χ0n) is 12.3. The number of para-hydroxylation sites is 1. The van der Waals surface area contributed by atoms with Crippen LogP contribution in [-0.4, -0.2) is 10.5 Å². The van der Waals surface area contributed by atoms with Crippen molar-refractivity contribution in [1.82, 2.24) is 9.71 Å². The Balaban J connectivity index is 2.01. The van der Waals surface area contributed by atoms with Gasteiger partial charge in [-0.1, -0.05) is 32.9 Å². The molecule has 0 amide bonds. The van der Waals surface area contributed by atoms with Crippen molar-refractivity contribution in [2.75, 3.05) is 0 Å². The molecule has 0 spiro atoms. The highest BCUT2D eigenvalue weighted by atomic mass is 32.2. The van der Waals surface area contributed by atoms with Gasteiger partial charge in [0.05, 0.1) is 10.2 Å². The summed E-state index contributed by atoms with van der Waals surface area (Å²) in [5, 5.41) is 0. The number of benzene rings is 1. The number of nitrogens with one attached hydrogen (secondary N) is 1. The van der Waals surface area contributed by atoms with Gasteiger partial charge in [0.15, 0.2) is 4.34 Å². The van der Waals surface area contributed by atoms with Crippen LogP contribution < -0.4 is 4.72 Å². The molecule has 0 atom stereocenters. The molecule has 19 heavy (non-hydrogen) atoms. The average molecular weight is 294 g/mol. The van der Waals surface area contributed by atoms with Crippen LogP contribution in [0.2, 0.25) is 0 Å². The summed E-state index contributed by atoms with van der Waals surface area (Å²) >= 11 is 3.40. The Hall–Kier alpha value is -0.580. The van der Waals surface area contributed by atoms with Gasteiger partial charge in [0, 0.05) is 5.54 Å². The fraction of sp³-hybridized carbons (Fsp3) is 0.533. The number of aromatic nitrogens is 1. The van der Waals surface area contributed by atoms with Gasteiger partial charge >= 0.3 is 0 Å². The molecule has 0 bridgehead atoms. The van der Waals surface area contributed by atoms with Crippen molar-refractivity contribution in [2.24, 2.45) is 5.41 Å². The average Bonchev–Trinajstić information content (AvgIpc) is 2.66. The molecule has 0 aliphatic carbocycles. The second-order valence-corrected chi connectivity index (χ2v) is 8.86. The highest BCUT2D eigenvalue weighted by Gasteiger charge is 2.25. The van der Waals surface area contributed by atoms with E-state index in [2.05, 4.69) is 62.5 Å². The molecule has 1 aromatic heterocycles. The Kier molecular flexibility index (Phi) is 4.23. The van der Waals surface area contributed by atoms with E-state index in [0.717, 1.165) is 16.3 Å². The molecule has 0 saturated heterocycles. The first kappa shape index (κ1) is 14.8. The summed E-state index contributed by atoms with van der Waals surface area (Å²) < 4.78 is 5.89. The zero-order chi connectivity index (χ0) is 14.1. The fourth-order valence-electron chi connectivity index (χ4n) is 2.44. The normalized spacial score (nSPS) is 13.1. The molecule has 1 heterocycles. The van der Waals surface area contributed by atoms with Crippen molar-refractivity contribution in [3.8, 4) is 0 Å². The lowest BCUT2D eigenvalue weighted by atomic mass is 9.82. The monoisotopic (exact) mass is 294 g/mol. The molecule has 0 radical (unpaired) electrons. The molecule has 1 aromatic carbocycles. The van der Waals surface area contributed by atoms with E-state index >= 15 is 0 Å². The summed E-state index contributed by atoms with van der Waals surface area (Å²) in [4.78, 5) is 4.63. The summed E-state index contributed by atoms with van der Waals surface area (Å²) in [6.45, 7) is 11.3. The van der Waals surface area contributed by atoms with Crippen molar-refractivity contribution in [3.63, 3.8) is 0 Å². The summed E-state index contributed by atoms with van der Waals surface area (Å²) in [5.74, 6) is 0. The van der Waals surface area contributed by atoms with E-state index in [4.69, 9.17) is 0 Å². The van der Waals surface area contributed by atoms with Crippen molar-refractivity contribution < 1.29 is 0 Å². The Bertz CT molecular complexity index is 520. The summed E-state index contributed by atoms with van der Waals surface area (Å²) in [6.07, 6.45) is 1.12. The first-order valence-corrected chi connectivity index (χ1v) is 8.18. The van der Waals surface area contributed by atoms with Gasteiger partial charge in [-0.15, -0.1) is 11.3 Å². The van der Waals surface area contributed by atoms with Gasteiger partial charge < -0.3 is 0 Å². The van der Waals surface area contributed by atoms with Gasteiger partial charge in [0.1, 0.15) is 0 Å². The first-order valence-electron chi connectivity index (χ1n) is 6.55. The number of rotatable bonds is 4. The van der Waals surface area contributed by atoms with Crippen molar-refractivity contribution in [1.29, 1.82) is 0 Å². The van der Waals surface area contributed by atoms with Crippen LogP contribution in [0.3, 0.4) is 0 Å². The van der Waals surface area contributed by atoms with Crippen LogP contribution in [-0.2, 0) is 0 Å². The maximum absolute atomic E-state index is 4.63. The van der Waals surface area contributed by atoms with E-state index in [9.17, 15) is 0 Å². The Morgan fingerprint density at radius 2 is 1.84 bits per heavy atom. The third-order valence-corrected chi connectivity index (χ3v) is 4.91. The maximum Gasteiger partial charge on any atom is 0.166 e. The molecule has 4 heteroatoms. The summed E-state index contributed by atoms with van der Waals surface area (Å²) in [5.41, 5.74) is 1.51. The van der Waals surface area contributed by atoms with Gasteiger partial charge in [-0.3, -0.25) is 4.72 Å². The predicted molar refractivity (Wildman–Crippen MR) is 86.8 cm³/mol. The molecule has 0 saturated carbocycles. The lowest BCUT2D eigenvalue weighted by molar-refractivity contribution is 0.274. The second kappa shape index (κ2) is 5.43. The third kappa shape index (κ3) is 4.48. The minimum atomic E-state index is 0.0980. The minimum absolute atomic E-state index is 0.0980. The van der Waals surface area contributed by atoms with Gasteiger partial charge in [-0.25, -0.2) is 4.98 Å². The van der Waals surface area contributed by atoms with Crippen LogP contribution in [0.5, 0.6) is 0 Å². The molecule has 0 fully saturated rings. The second-order valence-electron chi connectivity index (χ2n) is 6.77. The largest absolute Gasteiger partial charge is 0.252 e. The van der Waals surface area contributed by atoms with E-state index in [-0.39, 0.29) is 5.54 Å². The zero-order valence-corrected chi connectivity index (χ0v) is 13.9. The molecular formula is C15H22N2S2. The van der Waals surface area contributed by atoms with Crippen LogP contribution in [0.15, 0.2) is 28.6 Å². The molecule has 2 aromatic rings. The van der Waals surface area contributed by atoms with E-state index in [1.807, 2.05) is 6.07 Å². The molecule has 0 aliphatic rings. The lowest BCUT2D eigenvalue weighted by Crippen LogP contribution is -2.38. The van der Waals surface area contributed by atoms with E-state index in [0.29, 0.717) is 5.41 Å². The summed E-state index contributed by atoms with van der Waals surface area (Å²) in [6, 6.07) is 8.28. The topological polar surface area (TPSA) is 24.9 Å². The van der Waals surface area contributed by atoms with Crippen molar-refractivity contribution >= 4 is 33.5 Å². The van der Waals surface area contributed by atoms with Crippen LogP contribution in [0, 0.1) is 5.41 Å². The quantitative estimate of drug-likeness (QED) is 0.793. The minimum Gasteiger partial charge on any atom is -0.252 e. The van der Waals surface area contributed by atoms with Gasteiger partial charge in [0.2, 0.25) is 0 Å². The lowest BCUT2D eigenvalue weighted by Gasteiger charge is -2.32. The highest BCUT2D eigenvalue weighted by molar-refractivity contribution is 7.99. The molecule has 1 N–H and O–H groups in total. The Morgan fingerprint density at radius 1 is 1.16 bits per heavy atom. The van der Waals surface area contributed by atoms with Gasteiger partial charge in [-0.2, -0.15) is 0 Å². The molecule has 2 nitrogen and oxygen atoms in total. The molecule has 0 aliphatic heterocycles. The van der Waals surface area contributed by atoms with E-state index in [1.54, 1.807) is 23.3 Å². The number of hydrogen-bond donors (Lipinski definition) is 1. The molecule has 2 rings (SSSR count). The fourth-order valence-corrected chi connectivity index (χ4v) is 4.28. The van der Waals surface area contributed by atoms with Crippen molar-refractivity contribution in [2.45, 2.75) is 50.9 Å².